The van der Waals surface area contributed by atoms with Crippen LogP contribution in [0.4, 0.5) is 5.69 Å². The first kappa shape index (κ1) is 13.8. The minimum absolute atomic E-state index is 0.0570. The summed E-state index contributed by atoms with van der Waals surface area (Å²) < 4.78 is 0. The molecule has 21 heavy (non-hydrogen) atoms. The molecule has 2 aromatic carbocycles. The molecule has 0 aliphatic carbocycles. The third kappa shape index (κ3) is 2.83. The Morgan fingerprint density at radius 3 is 2.67 bits per heavy atom. The lowest BCUT2D eigenvalue weighted by Crippen LogP contribution is -2.36. The van der Waals surface area contributed by atoms with Gasteiger partial charge in [0.1, 0.15) is 0 Å². The molecule has 2 N–H and O–H groups in total. The first-order valence-corrected chi connectivity index (χ1v) is 7.32. The number of hydrogen-bond acceptors (Lipinski definition) is 2. The second kappa shape index (κ2) is 5.70. The molecule has 1 amide bonds. The smallest absolute Gasteiger partial charge is 0.233 e. The third-order valence-corrected chi connectivity index (χ3v) is 4.06. The van der Waals surface area contributed by atoms with Crippen molar-refractivity contribution in [2.75, 3.05) is 11.9 Å². The molecule has 108 valence electrons. The Bertz CT molecular complexity index is 661. The molecule has 0 aromatic heterocycles. The zero-order valence-electron chi connectivity index (χ0n) is 12.4. The van der Waals surface area contributed by atoms with Crippen LogP contribution < -0.4 is 10.6 Å². The molecule has 0 saturated heterocycles. The van der Waals surface area contributed by atoms with Gasteiger partial charge in [0.25, 0.3) is 0 Å². The van der Waals surface area contributed by atoms with E-state index in [1.54, 1.807) is 0 Å². The van der Waals surface area contributed by atoms with E-state index in [-0.39, 0.29) is 11.8 Å². The minimum atomic E-state index is -0.128. The van der Waals surface area contributed by atoms with Crippen molar-refractivity contribution in [3.05, 3.63) is 64.7 Å². The fourth-order valence-corrected chi connectivity index (χ4v) is 2.94. The molecule has 3 heteroatoms. The maximum Gasteiger partial charge on any atom is 0.233 e. The summed E-state index contributed by atoms with van der Waals surface area (Å²) in [6.07, 6.45) is 0. The Labute approximate surface area is 125 Å². The number of benzene rings is 2. The molecular formula is C18H20N2O. The predicted molar refractivity (Wildman–Crippen MR) is 85.4 cm³/mol. The van der Waals surface area contributed by atoms with Gasteiger partial charge in [-0.05, 0) is 42.7 Å². The molecule has 1 atom stereocenters. The molecule has 1 aliphatic rings. The average Bonchev–Trinajstić information content (AvgIpc) is 2.49. The lowest BCUT2D eigenvalue weighted by atomic mass is 9.86. The largest absolute Gasteiger partial charge is 0.326 e. The molecule has 2 aromatic rings. The number of carbonyl (C=O) groups is 1. The van der Waals surface area contributed by atoms with E-state index < -0.39 is 0 Å². The molecule has 3 nitrogen and oxygen atoms in total. The molecule has 0 bridgehead atoms. The Hall–Kier alpha value is -2.13. The molecule has 0 saturated carbocycles. The van der Waals surface area contributed by atoms with E-state index in [2.05, 4.69) is 35.8 Å². The van der Waals surface area contributed by atoms with Crippen LogP contribution in [0.1, 0.15) is 28.2 Å². The molecule has 1 aliphatic heterocycles. The van der Waals surface area contributed by atoms with Crippen LogP contribution in [0.3, 0.4) is 0 Å². The summed E-state index contributed by atoms with van der Waals surface area (Å²) in [6, 6.07) is 14.1. The van der Waals surface area contributed by atoms with Crippen LogP contribution in [0.15, 0.2) is 42.5 Å². The number of aryl methyl sites for hydroxylation is 2. The minimum Gasteiger partial charge on any atom is -0.326 e. The van der Waals surface area contributed by atoms with Gasteiger partial charge in [-0.2, -0.15) is 0 Å². The van der Waals surface area contributed by atoms with Crippen LogP contribution >= 0.6 is 0 Å². The highest BCUT2D eigenvalue weighted by Gasteiger charge is 2.27. The van der Waals surface area contributed by atoms with E-state index >= 15 is 0 Å². The number of hydrogen-bond donors (Lipinski definition) is 2. The van der Waals surface area contributed by atoms with E-state index in [9.17, 15) is 4.79 Å². The summed E-state index contributed by atoms with van der Waals surface area (Å²) in [6.45, 7) is 5.65. The fourth-order valence-electron chi connectivity index (χ4n) is 2.94. The van der Waals surface area contributed by atoms with Crippen molar-refractivity contribution in [2.45, 2.75) is 26.3 Å². The number of rotatable bonds is 2. The van der Waals surface area contributed by atoms with Gasteiger partial charge in [0.2, 0.25) is 5.91 Å². The second-order valence-corrected chi connectivity index (χ2v) is 5.69. The Morgan fingerprint density at radius 2 is 1.90 bits per heavy atom. The molecule has 3 rings (SSSR count). The normalized spacial score (nSPS) is 17.1. The van der Waals surface area contributed by atoms with Crippen LogP contribution in [0.5, 0.6) is 0 Å². The number of nitrogens with one attached hydrogen (secondary N) is 2. The van der Waals surface area contributed by atoms with Crippen LogP contribution in [-0.4, -0.2) is 12.5 Å². The van der Waals surface area contributed by atoms with E-state index in [0.717, 1.165) is 12.2 Å². The van der Waals surface area contributed by atoms with Gasteiger partial charge in [-0.3, -0.25) is 4.79 Å². The van der Waals surface area contributed by atoms with Crippen molar-refractivity contribution in [1.29, 1.82) is 0 Å². The number of carbonyl (C=O) groups excluding carboxylic acids is 1. The van der Waals surface area contributed by atoms with Gasteiger partial charge in [-0.15, -0.1) is 0 Å². The molecule has 0 radical (unpaired) electrons. The second-order valence-electron chi connectivity index (χ2n) is 5.69. The van der Waals surface area contributed by atoms with Crippen molar-refractivity contribution in [1.82, 2.24) is 5.32 Å². The average molecular weight is 280 g/mol. The van der Waals surface area contributed by atoms with Gasteiger partial charge in [0, 0.05) is 18.8 Å². The molecule has 0 fully saturated rings. The van der Waals surface area contributed by atoms with Crippen LogP contribution in [0, 0.1) is 13.8 Å². The zero-order chi connectivity index (χ0) is 14.8. The Morgan fingerprint density at radius 1 is 1.14 bits per heavy atom. The highest BCUT2D eigenvalue weighted by molar-refractivity contribution is 5.96. The summed E-state index contributed by atoms with van der Waals surface area (Å²) in [5, 5.41) is 6.36. The first-order chi connectivity index (χ1) is 10.1. The topological polar surface area (TPSA) is 41.1 Å². The number of anilines is 1. The zero-order valence-corrected chi connectivity index (χ0v) is 12.4. The highest BCUT2D eigenvalue weighted by Crippen LogP contribution is 2.28. The number of amides is 1. The molecule has 1 heterocycles. The predicted octanol–water partition coefficient (Wildman–Crippen LogP) is 3.13. The van der Waals surface area contributed by atoms with Crippen molar-refractivity contribution < 1.29 is 4.79 Å². The Kier molecular flexibility index (Phi) is 3.76. The van der Waals surface area contributed by atoms with Crippen LogP contribution in [0.25, 0.3) is 0 Å². The SMILES string of the molecule is Cc1ccc(NC(=O)C2CNCc3cccc(C)c32)cc1. The van der Waals surface area contributed by atoms with Crippen molar-refractivity contribution in [2.24, 2.45) is 0 Å². The van der Waals surface area contributed by atoms with Crippen LogP contribution in [-0.2, 0) is 11.3 Å². The summed E-state index contributed by atoms with van der Waals surface area (Å²) in [5.41, 5.74) is 5.64. The van der Waals surface area contributed by atoms with Gasteiger partial charge in [-0.25, -0.2) is 0 Å². The van der Waals surface area contributed by atoms with E-state index in [0.29, 0.717) is 6.54 Å². The van der Waals surface area contributed by atoms with Gasteiger partial charge < -0.3 is 10.6 Å². The van der Waals surface area contributed by atoms with E-state index in [1.807, 2.05) is 31.2 Å². The van der Waals surface area contributed by atoms with Gasteiger partial charge in [0.15, 0.2) is 0 Å². The van der Waals surface area contributed by atoms with Crippen molar-refractivity contribution in [3.8, 4) is 0 Å². The van der Waals surface area contributed by atoms with E-state index in [4.69, 9.17) is 0 Å². The first-order valence-electron chi connectivity index (χ1n) is 7.32. The summed E-state index contributed by atoms with van der Waals surface area (Å²) in [5.74, 6) is -0.0714. The van der Waals surface area contributed by atoms with Crippen molar-refractivity contribution in [3.63, 3.8) is 0 Å². The molecule has 1 unspecified atom stereocenters. The maximum atomic E-state index is 12.6. The highest BCUT2D eigenvalue weighted by atomic mass is 16.1. The standard InChI is InChI=1S/C18H20N2O/c1-12-6-8-15(9-7-12)20-18(21)16-11-19-10-14-5-3-4-13(2)17(14)16/h3-9,16,19H,10-11H2,1-2H3,(H,20,21). The van der Waals surface area contributed by atoms with Crippen LogP contribution in [0.2, 0.25) is 0 Å². The number of fused-ring (bicyclic) bond motifs is 1. The van der Waals surface area contributed by atoms with E-state index in [1.165, 1.54) is 22.3 Å². The fraction of sp³-hybridized carbons (Fsp3) is 0.278. The van der Waals surface area contributed by atoms with Gasteiger partial charge in [-0.1, -0.05) is 35.9 Å². The van der Waals surface area contributed by atoms with Gasteiger partial charge in [0.05, 0.1) is 5.92 Å². The quantitative estimate of drug-likeness (QED) is 0.887. The summed E-state index contributed by atoms with van der Waals surface area (Å²) in [4.78, 5) is 12.6. The Balaban J connectivity index is 1.85. The lowest BCUT2D eigenvalue weighted by molar-refractivity contribution is -0.117. The van der Waals surface area contributed by atoms with Gasteiger partial charge >= 0.3 is 0 Å². The summed E-state index contributed by atoms with van der Waals surface area (Å²) >= 11 is 0. The monoisotopic (exact) mass is 280 g/mol. The maximum absolute atomic E-state index is 12.6. The molecule has 0 spiro atoms. The third-order valence-electron chi connectivity index (χ3n) is 4.06. The molecular weight excluding hydrogens is 260 g/mol. The lowest BCUT2D eigenvalue weighted by Gasteiger charge is -2.27. The van der Waals surface area contributed by atoms with Crippen molar-refractivity contribution >= 4 is 11.6 Å². The summed E-state index contributed by atoms with van der Waals surface area (Å²) in [7, 11) is 0.